The molecule has 3 rings (SSSR count). The largest absolute Gasteiger partial charge is 0.343 e. The number of rotatable bonds is 5. The van der Waals surface area contributed by atoms with Gasteiger partial charge in [-0.05, 0) is 47.5 Å². The Balaban J connectivity index is 1.42. The van der Waals surface area contributed by atoms with Crippen LogP contribution in [0.1, 0.15) is 10.4 Å². The van der Waals surface area contributed by atoms with Crippen LogP contribution in [0.4, 0.5) is 10.5 Å². The molecule has 0 atom stereocenters. The Kier molecular flexibility index (Phi) is 7.02. The third kappa shape index (κ3) is 6.08. The van der Waals surface area contributed by atoms with Crippen molar-refractivity contribution >= 4 is 35.1 Å². The number of amides is 4. The van der Waals surface area contributed by atoms with Gasteiger partial charge in [-0.1, -0.05) is 54.1 Å². The zero-order chi connectivity index (χ0) is 21.3. The number of hydrogen-bond donors (Lipinski definition) is 4. The van der Waals surface area contributed by atoms with E-state index in [1.807, 2.05) is 42.5 Å². The molecule has 0 heterocycles. The average Bonchev–Trinajstić information content (AvgIpc) is 2.78. The molecule has 0 aromatic heterocycles. The number of halogens is 1. The fraction of sp³-hybridized carbons (Fsp3) is 0.0455. The molecule has 152 valence electrons. The van der Waals surface area contributed by atoms with Crippen LogP contribution in [-0.2, 0) is 4.79 Å². The molecule has 0 spiro atoms. The molecule has 0 bridgehead atoms. The number of urea groups is 1. The first-order valence-corrected chi connectivity index (χ1v) is 9.44. The molecule has 0 radical (unpaired) electrons. The van der Waals surface area contributed by atoms with Crippen molar-refractivity contribution in [3.63, 3.8) is 0 Å². The number of hydrogen-bond acceptors (Lipinski definition) is 3. The van der Waals surface area contributed by atoms with E-state index in [2.05, 4.69) is 21.5 Å². The predicted octanol–water partition coefficient (Wildman–Crippen LogP) is 3.59. The highest BCUT2D eigenvalue weighted by Gasteiger charge is 2.09. The van der Waals surface area contributed by atoms with Gasteiger partial charge in [-0.2, -0.15) is 0 Å². The van der Waals surface area contributed by atoms with Crippen molar-refractivity contribution in [1.29, 1.82) is 0 Å². The van der Waals surface area contributed by atoms with Gasteiger partial charge in [-0.25, -0.2) is 10.2 Å². The minimum absolute atomic E-state index is 0.291. The minimum Gasteiger partial charge on any atom is -0.343 e. The molecule has 0 aliphatic heterocycles. The lowest BCUT2D eigenvalue weighted by Crippen LogP contribution is -2.47. The van der Waals surface area contributed by atoms with E-state index in [1.54, 1.807) is 36.4 Å². The van der Waals surface area contributed by atoms with Crippen LogP contribution in [0.2, 0.25) is 5.02 Å². The smallest absolute Gasteiger partial charge is 0.337 e. The zero-order valence-electron chi connectivity index (χ0n) is 15.8. The number of anilines is 1. The number of carbonyl (C=O) groups is 3. The zero-order valence-corrected chi connectivity index (χ0v) is 16.6. The van der Waals surface area contributed by atoms with E-state index in [1.165, 1.54) is 0 Å². The fourth-order valence-corrected chi connectivity index (χ4v) is 2.70. The predicted molar refractivity (Wildman–Crippen MR) is 116 cm³/mol. The Bertz CT molecular complexity index is 1020. The van der Waals surface area contributed by atoms with Crippen LogP contribution in [0.15, 0.2) is 78.9 Å². The Morgan fingerprint density at radius 3 is 2.03 bits per heavy atom. The highest BCUT2D eigenvalue weighted by atomic mass is 35.5. The van der Waals surface area contributed by atoms with Crippen LogP contribution in [0.25, 0.3) is 11.1 Å². The topological polar surface area (TPSA) is 99.3 Å². The van der Waals surface area contributed by atoms with E-state index in [0.29, 0.717) is 16.3 Å². The maximum atomic E-state index is 12.2. The molecule has 4 N–H and O–H groups in total. The highest BCUT2D eigenvalue weighted by molar-refractivity contribution is 6.30. The molecule has 0 saturated heterocycles. The van der Waals surface area contributed by atoms with Gasteiger partial charge in [0.2, 0.25) is 0 Å². The second-order valence-corrected chi connectivity index (χ2v) is 6.70. The first-order valence-electron chi connectivity index (χ1n) is 9.06. The average molecular weight is 423 g/mol. The van der Waals surface area contributed by atoms with Gasteiger partial charge < -0.3 is 10.6 Å². The van der Waals surface area contributed by atoms with E-state index in [0.717, 1.165) is 11.1 Å². The van der Waals surface area contributed by atoms with Gasteiger partial charge in [0, 0.05) is 16.3 Å². The van der Waals surface area contributed by atoms with Crippen molar-refractivity contribution in [3.05, 3.63) is 89.4 Å². The summed E-state index contributed by atoms with van der Waals surface area (Å²) in [5, 5.41) is 5.56. The van der Waals surface area contributed by atoms with E-state index < -0.39 is 17.8 Å². The normalized spacial score (nSPS) is 10.0. The maximum absolute atomic E-state index is 12.2. The lowest BCUT2D eigenvalue weighted by molar-refractivity contribution is -0.120. The molecular weight excluding hydrogens is 404 g/mol. The lowest BCUT2D eigenvalue weighted by atomic mass is 10.0. The van der Waals surface area contributed by atoms with Gasteiger partial charge in [0.25, 0.3) is 11.8 Å². The molecule has 4 amide bonds. The van der Waals surface area contributed by atoms with Crippen LogP contribution in [-0.4, -0.2) is 24.4 Å². The first kappa shape index (κ1) is 20.9. The summed E-state index contributed by atoms with van der Waals surface area (Å²) in [6.45, 7) is -0.291. The molecular formula is C22H19ClN4O3. The molecule has 0 fully saturated rings. The summed E-state index contributed by atoms with van der Waals surface area (Å²) in [5.41, 5.74) is 7.38. The Morgan fingerprint density at radius 2 is 1.37 bits per heavy atom. The molecule has 8 heteroatoms. The highest BCUT2D eigenvalue weighted by Crippen LogP contribution is 2.19. The van der Waals surface area contributed by atoms with Crippen LogP contribution in [0, 0.1) is 0 Å². The van der Waals surface area contributed by atoms with Gasteiger partial charge in [0.1, 0.15) is 0 Å². The van der Waals surface area contributed by atoms with Crippen molar-refractivity contribution in [2.45, 2.75) is 0 Å². The third-order valence-corrected chi connectivity index (χ3v) is 4.33. The lowest BCUT2D eigenvalue weighted by Gasteiger charge is -2.10. The summed E-state index contributed by atoms with van der Waals surface area (Å²) >= 11 is 5.77. The second-order valence-electron chi connectivity index (χ2n) is 6.26. The Labute approximate surface area is 178 Å². The van der Waals surface area contributed by atoms with Crippen molar-refractivity contribution in [2.75, 3.05) is 11.9 Å². The van der Waals surface area contributed by atoms with E-state index in [9.17, 15) is 14.4 Å². The maximum Gasteiger partial charge on any atom is 0.337 e. The summed E-state index contributed by atoms with van der Waals surface area (Å²) < 4.78 is 0. The van der Waals surface area contributed by atoms with Gasteiger partial charge in [-0.15, -0.1) is 0 Å². The van der Waals surface area contributed by atoms with Crippen molar-refractivity contribution in [3.8, 4) is 11.1 Å². The van der Waals surface area contributed by atoms with Crippen molar-refractivity contribution in [1.82, 2.24) is 16.2 Å². The first-order chi connectivity index (χ1) is 14.5. The van der Waals surface area contributed by atoms with Gasteiger partial charge in [0.15, 0.2) is 0 Å². The monoisotopic (exact) mass is 422 g/mol. The summed E-state index contributed by atoms with van der Waals surface area (Å²) in [6.07, 6.45) is 0. The molecule has 0 saturated carbocycles. The standard InChI is InChI=1S/C22H19ClN4O3/c23-18-10-12-19(13-11-18)25-22(30)27-26-20(28)14-24-21(29)17-8-6-16(7-9-17)15-4-2-1-3-5-15/h1-13H,14H2,(H,24,29)(H,26,28)(H2,25,27,30). The minimum atomic E-state index is -0.631. The van der Waals surface area contributed by atoms with E-state index in [4.69, 9.17) is 11.6 Å². The van der Waals surface area contributed by atoms with Crippen molar-refractivity contribution < 1.29 is 14.4 Å². The van der Waals surface area contributed by atoms with E-state index in [-0.39, 0.29) is 6.54 Å². The van der Waals surface area contributed by atoms with Gasteiger partial charge in [-0.3, -0.25) is 15.0 Å². The van der Waals surface area contributed by atoms with E-state index >= 15 is 0 Å². The molecule has 3 aromatic carbocycles. The summed E-state index contributed by atoms with van der Waals surface area (Å²) in [4.78, 5) is 35.8. The molecule has 0 aliphatic carbocycles. The number of benzene rings is 3. The fourth-order valence-electron chi connectivity index (χ4n) is 2.57. The van der Waals surface area contributed by atoms with Crippen molar-refractivity contribution in [2.24, 2.45) is 0 Å². The SMILES string of the molecule is O=C(CNC(=O)c1ccc(-c2ccccc2)cc1)NNC(=O)Nc1ccc(Cl)cc1. The Morgan fingerprint density at radius 1 is 0.733 bits per heavy atom. The van der Waals surface area contributed by atoms with Gasteiger partial charge in [0.05, 0.1) is 6.54 Å². The second kappa shape index (κ2) is 10.1. The third-order valence-electron chi connectivity index (χ3n) is 4.08. The van der Waals surface area contributed by atoms with Gasteiger partial charge >= 0.3 is 6.03 Å². The number of nitrogens with one attached hydrogen (secondary N) is 4. The van der Waals surface area contributed by atoms with Crippen LogP contribution < -0.4 is 21.5 Å². The molecule has 0 unspecified atom stereocenters. The molecule has 0 aliphatic rings. The summed E-state index contributed by atoms with van der Waals surface area (Å²) in [6, 6.07) is 22.7. The summed E-state index contributed by atoms with van der Waals surface area (Å²) in [5.74, 6) is -0.967. The number of carbonyl (C=O) groups excluding carboxylic acids is 3. The quantitative estimate of drug-likeness (QED) is 0.473. The van der Waals surface area contributed by atoms with Crippen LogP contribution in [0.3, 0.4) is 0 Å². The molecule has 3 aromatic rings. The molecule has 7 nitrogen and oxygen atoms in total. The Hall–Kier alpha value is -3.84. The van der Waals surface area contributed by atoms with Crippen LogP contribution in [0.5, 0.6) is 0 Å². The van der Waals surface area contributed by atoms with Crippen LogP contribution >= 0.6 is 11.6 Å². The molecule has 30 heavy (non-hydrogen) atoms. The number of hydrazine groups is 1. The summed E-state index contributed by atoms with van der Waals surface area (Å²) in [7, 11) is 0.